The number of piperazine rings is 1. The van der Waals surface area contributed by atoms with Crippen molar-refractivity contribution in [1.82, 2.24) is 19.8 Å². The Morgan fingerprint density at radius 3 is 2.65 bits per heavy atom. The van der Waals surface area contributed by atoms with Crippen molar-refractivity contribution in [2.24, 2.45) is 0 Å². The van der Waals surface area contributed by atoms with Gasteiger partial charge in [-0.05, 0) is 32.0 Å². The monoisotopic (exact) mass is 368 g/mol. The summed E-state index contributed by atoms with van der Waals surface area (Å²) in [5, 5.41) is 2.77. The zero-order valence-corrected chi connectivity index (χ0v) is 16.3. The van der Waals surface area contributed by atoms with Crippen LogP contribution in [0.2, 0.25) is 0 Å². The molecule has 0 bridgehead atoms. The molecule has 0 saturated carbocycles. The van der Waals surface area contributed by atoms with E-state index < -0.39 is 0 Å². The van der Waals surface area contributed by atoms with E-state index >= 15 is 0 Å². The number of nitrogens with one attached hydrogen (secondary N) is 1. The van der Waals surface area contributed by atoms with Crippen molar-refractivity contribution >= 4 is 21.6 Å². The number of thiophene rings is 1. The maximum atomic E-state index is 12.8. The standard InChI is InChI=1S/C20H24N4OS/c1-13-4-5-15(14(2)10-13)16-12-26-20-18(16)19(25)21-17(22-20)11-24-8-6-23(3)7-9-24/h4-5,10,12H,6-9,11H2,1-3H3,(H,21,22,25). The van der Waals surface area contributed by atoms with E-state index in [4.69, 9.17) is 4.98 Å². The molecule has 136 valence electrons. The van der Waals surface area contributed by atoms with Crippen molar-refractivity contribution in [2.45, 2.75) is 20.4 Å². The molecule has 1 aliphatic rings. The zero-order chi connectivity index (χ0) is 18.3. The largest absolute Gasteiger partial charge is 0.309 e. The highest BCUT2D eigenvalue weighted by Crippen LogP contribution is 2.33. The molecular weight excluding hydrogens is 344 g/mol. The van der Waals surface area contributed by atoms with Crippen LogP contribution in [0.15, 0.2) is 28.4 Å². The molecule has 3 aromatic rings. The topological polar surface area (TPSA) is 52.2 Å². The maximum absolute atomic E-state index is 12.8. The van der Waals surface area contributed by atoms with Crippen LogP contribution in [0.1, 0.15) is 17.0 Å². The summed E-state index contributed by atoms with van der Waals surface area (Å²) in [5.74, 6) is 0.765. The van der Waals surface area contributed by atoms with Crippen LogP contribution in [0.4, 0.5) is 0 Å². The number of aromatic amines is 1. The van der Waals surface area contributed by atoms with Crippen LogP contribution in [-0.2, 0) is 6.54 Å². The number of aryl methyl sites for hydroxylation is 2. The van der Waals surface area contributed by atoms with Gasteiger partial charge in [0.2, 0.25) is 0 Å². The molecule has 1 fully saturated rings. The minimum atomic E-state index is -0.0321. The van der Waals surface area contributed by atoms with Gasteiger partial charge in [0, 0.05) is 37.1 Å². The smallest absolute Gasteiger partial charge is 0.260 e. The van der Waals surface area contributed by atoms with Crippen molar-refractivity contribution in [1.29, 1.82) is 0 Å². The first-order chi connectivity index (χ1) is 12.5. The van der Waals surface area contributed by atoms with Gasteiger partial charge in [0.05, 0.1) is 11.9 Å². The van der Waals surface area contributed by atoms with Gasteiger partial charge in [0.1, 0.15) is 10.7 Å². The van der Waals surface area contributed by atoms with Gasteiger partial charge in [-0.3, -0.25) is 9.69 Å². The van der Waals surface area contributed by atoms with E-state index in [0.717, 1.165) is 48.0 Å². The van der Waals surface area contributed by atoms with Gasteiger partial charge in [-0.1, -0.05) is 23.8 Å². The van der Waals surface area contributed by atoms with Crippen LogP contribution in [0.5, 0.6) is 0 Å². The third kappa shape index (κ3) is 3.32. The first-order valence-electron chi connectivity index (χ1n) is 9.00. The molecule has 0 spiro atoms. The van der Waals surface area contributed by atoms with Gasteiger partial charge in [0.25, 0.3) is 5.56 Å². The Balaban J connectivity index is 1.68. The van der Waals surface area contributed by atoms with Crippen molar-refractivity contribution in [2.75, 3.05) is 33.2 Å². The van der Waals surface area contributed by atoms with Gasteiger partial charge >= 0.3 is 0 Å². The number of aromatic nitrogens is 2. The quantitative estimate of drug-likeness (QED) is 0.772. The van der Waals surface area contributed by atoms with Crippen LogP contribution in [0.25, 0.3) is 21.3 Å². The average molecular weight is 369 g/mol. The zero-order valence-electron chi connectivity index (χ0n) is 15.5. The fourth-order valence-corrected chi connectivity index (χ4v) is 4.56. The van der Waals surface area contributed by atoms with Crippen molar-refractivity contribution < 1.29 is 0 Å². The highest BCUT2D eigenvalue weighted by atomic mass is 32.1. The molecule has 4 rings (SSSR count). The number of nitrogens with zero attached hydrogens (tertiary/aromatic N) is 3. The first kappa shape index (κ1) is 17.4. The molecule has 1 aromatic carbocycles. The highest BCUT2D eigenvalue weighted by Gasteiger charge is 2.18. The molecule has 0 aliphatic carbocycles. The Labute approximate surface area is 157 Å². The van der Waals surface area contributed by atoms with Crippen LogP contribution in [0, 0.1) is 13.8 Å². The predicted molar refractivity (Wildman–Crippen MR) is 108 cm³/mol. The summed E-state index contributed by atoms with van der Waals surface area (Å²) in [7, 11) is 2.14. The molecule has 6 heteroatoms. The van der Waals surface area contributed by atoms with E-state index in [0.29, 0.717) is 11.9 Å². The first-order valence-corrected chi connectivity index (χ1v) is 9.88. The Kier molecular flexibility index (Phi) is 4.65. The number of rotatable bonds is 3. The van der Waals surface area contributed by atoms with E-state index in [1.54, 1.807) is 11.3 Å². The molecule has 3 heterocycles. The molecular formula is C20H24N4OS. The molecule has 2 aromatic heterocycles. The Morgan fingerprint density at radius 2 is 1.92 bits per heavy atom. The summed E-state index contributed by atoms with van der Waals surface area (Å²) < 4.78 is 0. The number of hydrogen-bond acceptors (Lipinski definition) is 5. The molecule has 1 saturated heterocycles. The molecule has 1 N–H and O–H groups in total. The maximum Gasteiger partial charge on any atom is 0.260 e. The number of likely N-dealkylation sites (N-methyl/N-ethyl adjacent to an activating group) is 1. The second-order valence-corrected chi connectivity index (χ2v) is 8.10. The summed E-state index contributed by atoms with van der Waals surface area (Å²) in [6, 6.07) is 6.35. The fourth-order valence-electron chi connectivity index (χ4n) is 3.60. The predicted octanol–water partition coefficient (Wildman–Crippen LogP) is 3.02. The minimum absolute atomic E-state index is 0.0321. The third-order valence-electron chi connectivity index (χ3n) is 5.13. The SMILES string of the molecule is Cc1ccc(-c2csc3nc(CN4CCN(C)CC4)[nH]c(=O)c23)c(C)c1. The lowest BCUT2D eigenvalue weighted by Crippen LogP contribution is -2.44. The molecule has 0 radical (unpaired) electrons. The molecule has 0 unspecified atom stereocenters. The molecule has 5 nitrogen and oxygen atoms in total. The summed E-state index contributed by atoms with van der Waals surface area (Å²) in [6.45, 7) is 9.02. The average Bonchev–Trinajstić information content (AvgIpc) is 3.01. The Morgan fingerprint density at radius 1 is 1.15 bits per heavy atom. The van der Waals surface area contributed by atoms with E-state index in [-0.39, 0.29) is 5.56 Å². The van der Waals surface area contributed by atoms with Crippen molar-refractivity contribution in [3.8, 4) is 11.1 Å². The van der Waals surface area contributed by atoms with Crippen LogP contribution < -0.4 is 5.56 Å². The van der Waals surface area contributed by atoms with E-state index in [1.165, 1.54) is 11.1 Å². The normalized spacial score (nSPS) is 16.4. The van der Waals surface area contributed by atoms with E-state index in [9.17, 15) is 4.79 Å². The van der Waals surface area contributed by atoms with Crippen LogP contribution in [0.3, 0.4) is 0 Å². The summed E-state index contributed by atoms with van der Waals surface area (Å²) >= 11 is 1.55. The number of benzene rings is 1. The lowest BCUT2D eigenvalue weighted by atomic mass is 9.99. The fraction of sp³-hybridized carbons (Fsp3) is 0.400. The van der Waals surface area contributed by atoms with Crippen LogP contribution >= 0.6 is 11.3 Å². The summed E-state index contributed by atoms with van der Waals surface area (Å²) in [6.07, 6.45) is 0. The van der Waals surface area contributed by atoms with Crippen molar-refractivity contribution in [3.05, 3.63) is 50.9 Å². The highest BCUT2D eigenvalue weighted by molar-refractivity contribution is 7.17. The summed E-state index contributed by atoms with van der Waals surface area (Å²) in [4.78, 5) is 26.1. The van der Waals surface area contributed by atoms with E-state index in [1.807, 2.05) is 0 Å². The van der Waals surface area contributed by atoms with Crippen molar-refractivity contribution in [3.63, 3.8) is 0 Å². The van der Waals surface area contributed by atoms with Gasteiger partial charge in [-0.25, -0.2) is 4.98 Å². The molecule has 0 atom stereocenters. The second kappa shape index (κ2) is 6.95. The van der Waals surface area contributed by atoms with Crippen LogP contribution in [-0.4, -0.2) is 53.0 Å². The molecule has 0 amide bonds. The van der Waals surface area contributed by atoms with E-state index in [2.05, 4.69) is 59.3 Å². The second-order valence-electron chi connectivity index (χ2n) is 7.24. The number of hydrogen-bond donors (Lipinski definition) is 1. The Bertz CT molecular complexity index is 999. The lowest BCUT2D eigenvalue weighted by molar-refractivity contribution is 0.145. The molecule has 1 aliphatic heterocycles. The lowest BCUT2D eigenvalue weighted by Gasteiger charge is -2.31. The minimum Gasteiger partial charge on any atom is -0.309 e. The van der Waals surface area contributed by atoms with Gasteiger partial charge in [0.15, 0.2) is 0 Å². The Hall–Kier alpha value is -2.02. The molecule has 26 heavy (non-hydrogen) atoms. The summed E-state index contributed by atoms with van der Waals surface area (Å²) in [5.41, 5.74) is 4.48. The third-order valence-corrected chi connectivity index (χ3v) is 6.01. The van der Waals surface area contributed by atoms with Gasteiger partial charge < -0.3 is 9.88 Å². The van der Waals surface area contributed by atoms with Gasteiger partial charge in [-0.15, -0.1) is 11.3 Å². The van der Waals surface area contributed by atoms with Gasteiger partial charge in [-0.2, -0.15) is 0 Å². The number of H-pyrrole nitrogens is 1. The number of fused-ring (bicyclic) bond motifs is 1.